The molecular formula is C14H13ClN2O2S. The summed E-state index contributed by atoms with van der Waals surface area (Å²) in [6.45, 7) is 0.397. The molecule has 1 heterocycles. The first-order valence-corrected chi connectivity index (χ1v) is 7.24. The van der Waals surface area contributed by atoms with Crippen LogP contribution in [0.25, 0.3) is 0 Å². The standard InChI is InChI=1S/C14H13ClN2O2S/c15-12-6-2-1-5-11(12)14(19)17-9-13(18)16-8-10-4-3-7-20-10/h1-7H,8-9H2,(H,16,18)(H,17,19). The molecule has 0 aliphatic rings. The molecule has 1 aromatic heterocycles. The Balaban J connectivity index is 1.78. The molecule has 2 amide bonds. The number of carbonyl (C=O) groups excluding carboxylic acids is 2. The van der Waals surface area contributed by atoms with E-state index in [1.54, 1.807) is 35.6 Å². The van der Waals surface area contributed by atoms with Gasteiger partial charge in [0, 0.05) is 4.88 Å². The van der Waals surface area contributed by atoms with Gasteiger partial charge < -0.3 is 10.6 Å². The molecule has 0 saturated heterocycles. The lowest BCUT2D eigenvalue weighted by Gasteiger charge is -2.07. The van der Waals surface area contributed by atoms with Gasteiger partial charge in [0.05, 0.1) is 23.7 Å². The molecule has 0 saturated carbocycles. The van der Waals surface area contributed by atoms with Crippen LogP contribution in [-0.2, 0) is 11.3 Å². The Hall–Kier alpha value is -1.85. The van der Waals surface area contributed by atoms with E-state index >= 15 is 0 Å². The second-order valence-corrected chi connectivity index (χ2v) is 5.46. The van der Waals surface area contributed by atoms with E-state index in [4.69, 9.17) is 11.6 Å². The van der Waals surface area contributed by atoms with Gasteiger partial charge in [-0.05, 0) is 23.6 Å². The molecule has 2 aromatic rings. The van der Waals surface area contributed by atoms with Gasteiger partial charge in [0.25, 0.3) is 5.91 Å². The van der Waals surface area contributed by atoms with Crippen LogP contribution >= 0.6 is 22.9 Å². The van der Waals surface area contributed by atoms with Gasteiger partial charge in [-0.1, -0.05) is 29.8 Å². The molecule has 20 heavy (non-hydrogen) atoms. The summed E-state index contributed by atoms with van der Waals surface area (Å²) in [6, 6.07) is 10.6. The van der Waals surface area contributed by atoms with Gasteiger partial charge in [-0.2, -0.15) is 0 Å². The van der Waals surface area contributed by atoms with Gasteiger partial charge in [-0.25, -0.2) is 0 Å². The van der Waals surface area contributed by atoms with Gasteiger partial charge in [-0.15, -0.1) is 11.3 Å². The first-order valence-electron chi connectivity index (χ1n) is 5.98. The summed E-state index contributed by atoms with van der Waals surface area (Å²) in [6.07, 6.45) is 0. The molecule has 2 N–H and O–H groups in total. The second kappa shape index (κ2) is 7.07. The highest BCUT2D eigenvalue weighted by molar-refractivity contribution is 7.09. The lowest BCUT2D eigenvalue weighted by Crippen LogP contribution is -2.36. The predicted octanol–water partition coefficient (Wildman–Crippen LogP) is 2.45. The van der Waals surface area contributed by atoms with Crippen LogP contribution in [0.15, 0.2) is 41.8 Å². The number of halogens is 1. The van der Waals surface area contributed by atoms with Crippen molar-refractivity contribution in [3.63, 3.8) is 0 Å². The molecule has 0 atom stereocenters. The SMILES string of the molecule is O=C(CNC(=O)c1ccccc1Cl)NCc1cccs1. The monoisotopic (exact) mass is 308 g/mol. The molecule has 0 aliphatic heterocycles. The molecule has 2 rings (SSSR count). The van der Waals surface area contributed by atoms with Crippen LogP contribution < -0.4 is 10.6 Å². The number of carbonyl (C=O) groups is 2. The molecule has 0 unspecified atom stereocenters. The van der Waals surface area contributed by atoms with Crippen molar-refractivity contribution in [2.75, 3.05) is 6.54 Å². The third-order valence-electron chi connectivity index (χ3n) is 2.57. The molecule has 0 fully saturated rings. The van der Waals surface area contributed by atoms with Crippen LogP contribution in [0.2, 0.25) is 5.02 Å². The second-order valence-electron chi connectivity index (χ2n) is 4.02. The Labute approximate surface area is 125 Å². The Kier molecular flexibility index (Phi) is 5.15. The third kappa shape index (κ3) is 4.08. The third-order valence-corrected chi connectivity index (χ3v) is 3.77. The van der Waals surface area contributed by atoms with Crippen molar-refractivity contribution in [3.05, 3.63) is 57.2 Å². The Morgan fingerprint density at radius 1 is 1.10 bits per heavy atom. The normalized spacial score (nSPS) is 10.1. The summed E-state index contributed by atoms with van der Waals surface area (Å²) in [4.78, 5) is 24.5. The molecular weight excluding hydrogens is 296 g/mol. The van der Waals surface area contributed by atoms with Crippen LogP contribution in [0.4, 0.5) is 0 Å². The summed E-state index contributed by atoms with van der Waals surface area (Å²) < 4.78 is 0. The molecule has 0 aliphatic carbocycles. The zero-order chi connectivity index (χ0) is 14.4. The predicted molar refractivity (Wildman–Crippen MR) is 80.0 cm³/mol. The molecule has 4 nitrogen and oxygen atoms in total. The van der Waals surface area contributed by atoms with Crippen molar-refractivity contribution in [2.24, 2.45) is 0 Å². The van der Waals surface area contributed by atoms with Crippen LogP contribution in [0.5, 0.6) is 0 Å². The minimum absolute atomic E-state index is 0.0740. The smallest absolute Gasteiger partial charge is 0.253 e. The van der Waals surface area contributed by atoms with Crippen molar-refractivity contribution < 1.29 is 9.59 Å². The van der Waals surface area contributed by atoms with E-state index in [0.717, 1.165) is 4.88 Å². The van der Waals surface area contributed by atoms with E-state index < -0.39 is 0 Å². The fourth-order valence-corrected chi connectivity index (χ4v) is 2.43. The van der Waals surface area contributed by atoms with Crippen molar-refractivity contribution in [3.8, 4) is 0 Å². The molecule has 6 heteroatoms. The maximum absolute atomic E-state index is 11.8. The quantitative estimate of drug-likeness (QED) is 0.891. The Morgan fingerprint density at radius 2 is 1.90 bits per heavy atom. The highest BCUT2D eigenvalue weighted by atomic mass is 35.5. The van der Waals surface area contributed by atoms with Gasteiger partial charge in [0.15, 0.2) is 0 Å². The Bertz CT molecular complexity index is 599. The average molecular weight is 309 g/mol. The molecule has 1 aromatic carbocycles. The first kappa shape index (κ1) is 14.6. The lowest BCUT2D eigenvalue weighted by atomic mass is 10.2. The van der Waals surface area contributed by atoms with Gasteiger partial charge in [0.2, 0.25) is 5.91 Å². The number of hydrogen-bond donors (Lipinski definition) is 2. The van der Waals surface area contributed by atoms with E-state index in [-0.39, 0.29) is 18.4 Å². The van der Waals surface area contributed by atoms with Crippen molar-refractivity contribution in [2.45, 2.75) is 6.54 Å². The summed E-state index contributed by atoms with van der Waals surface area (Å²) in [5, 5.41) is 7.58. The molecule has 104 valence electrons. The van der Waals surface area contributed by atoms with Crippen LogP contribution in [-0.4, -0.2) is 18.4 Å². The van der Waals surface area contributed by atoms with E-state index in [2.05, 4.69) is 10.6 Å². The zero-order valence-corrected chi connectivity index (χ0v) is 12.1. The van der Waals surface area contributed by atoms with E-state index in [1.165, 1.54) is 0 Å². The van der Waals surface area contributed by atoms with E-state index in [9.17, 15) is 9.59 Å². The fourth-order valence-electron chi connectivity index (χ4n) is 1.56. The number of hydrogen-bond acceptors (Lipinski definition) is 3. The largest absolute Gasteiger partial charge is 0.350 e. The average Bonchev–Trinajstić information content (AvgIpc) is 2.96. The number of rotatable bonds is 5. The Morgan fingerprint density at radius 3 is 2.60 bits per heavy atom. The van der Waals surface area contributed by atoms with Gasteiger partial charge in [0.1, 0.15) is 0 Å². The first-order chi connectivity index (χ1) is 9.66. The lowest BCUT2D eigenvalue weighted by molar-refractivity contribution is -0.120. The maximum atomic E-state index is 11.8. The molecule has 0 radical (unpaired) electrons. The summed E-state index contributed by atoms with van der Waals surface area (Å²) in [5.41, 5.74) is 0.361. The minimum Gasteiger partial charge on any atom is -0.350 e. The van der Waals surface area contributed by atoms with E-state index in [0.29, 0.717) is 17.1 Å². The molecule has 0 spiro atoms. The van der Waals surface area contributed by atoms with Crippen LogP contribution in [0, 0.1) is 0 Å². The number of amides is 2. The highest BCUT2D eigenvalue weighted by Crippen LogP contribution is 2.14. The summed E-state index contributed by atoms with van der Waals surface area (Å²) in [5.74, 6) is -0.597. The highest BCUT2D eigenvalue weighted by Gasteiger charge is 2.10. The summed E-state index contributed by atoms with van der Waals surface area (Å²) >= 11 is 7.47. The summed E-state index contributed by atoms with van der Waals surface area (Å²) in [7, 11) is 0. The fraction of sp³-hybridized carbons (Fsp3) is 0.143. The van der Waals surface area contributed by atoms with Crippen molar-refractivity contribution in [1.29, 1.82) is 0 Å². The van der Waals surface area contributed by atoms with Crippen molar-refractivity contribution in [1.82, 2.24) is 10.6 Å². The number of thiophene rings is 1. The number of nitrogens with one attached hydrogen (secondary N) is 2. The van der Waals surface area contributed by atoms with Crippen LogP contribution in [0.3, 0.4) is 0 Å². The number of benzene rings is 1. The topological polar surface area (TPSA) is 58.2 Å². The molecule has 0 bridgehead atoms. The van der Waals surface area contributed by atoms with Gasteiger partial charge >= 0.3 is 0 Å². The van der Waals surface area contributed by atoms with Crippen molar-refractivity contribution >= 4 is 34.8 Å². The van der Waals surface area contributed by atoms with Gasteiger partial charge in [-0.3, -0.25) is 9.59 Å². The minimum atomic E-state index is -0.359. The van der Waals surface area contributed by atoms with Crippen LogP contribution in [0.1, 0.15) is 15.2 Å². The zero-order valence-electron chi connectivity index (χ0n) is 10.6. The van der Waals surface area contributed by atoms with E-state index in [1.807, 2.05) is 17.5 Å². The maximum Gasteiger partial charge on any atom is 0.253 e.